The molecule has 2 aromatic heterocycles. The number of amides is 2. The number of benzene rings is 4. The minimum Gasteiger partial charge on any atom is -0.502 e. The Kier molecular flexibility index (Phi) is 15.8. The van der Waals surface area contributed by atoms with Gasteiger partial charge in [0.15, 0.2) is 23.9 Å². The van der Waals surface area contributed by atoms with E-state index >= 15 is 0 Å². The molecule has 0 unspecified atom stereocenters. The highest BCUT2D eigenvalue weighted by molar-refractivity contribution is 7.98. The maximum absolute atomic E-state index is 14.1. The van der Waals surface area contributed by atoms with Gasteiger partial charge in [0, 0.05) is 63.0 Å². The van der Waals surface area contributed by atoms with E-state index in [0.29, 0.717) is 31.4 Å². The Hall–Kier alpha value is -6.30. The molecule has 14 nitrogen and oxygen atoms in total. The summed E-state index contributed by atoms with van der Waals surface area (Å²) in [7, 11) is 1.49. The van der Waals surface area contributed by atoms with Crippen molar-refractivity contribution in [2.24, 2.45) is 0 Å². The molecule has 0 radical (unpaired) electrons. The maximum atomic E-state index is 14.1. The number of carbonyl (C=O) groups is 2. The number of hydrogen-bond acceptors (Lipinski definition) is 12. The van der Waals surface area contributed by atoms with Crippen LogP contribution in [-0.4, -0.2) is 101 Å². The van der Waals surface area contributed by atoms with Crippen LogP contribution < -0.4 is 25.6 Å². The van der Waals surface area contributed by atoms with Gasteiger partial charge in [0.25, 0.3) is 11.8 Å². The van der Waals surface area contributed by atoms with Crippen LogP contribution in [0.1, 0.15) is 80.3 Å². The number of hydrogen-bond donors (Lipinski definition) is 1. The van der Waals surface area contributed by atoms with Gasteiger partial charge in [-0.2, -0.15) is 26.3 Å². The third kappa shape index (κ3) is 10.3. The van der Waals surface area contributed by atoms with E-state index < -0.39 is 96.5 Å². The van der Waals surface area contributed by atoms with Crippen molar-refractivity contribution in [2.75, 3.05) is 50.5 Å². The van der Waals surface area contributed by atoms with Crippen molar-refractivity contribution >= 4 is 58.5 Å². The Bertz CT molecular complexity index is 3330. The number of thioether (sulfide) groups is 2. The van der Waals surface area contributed by atoms with E-state index in [0.717, 1.165) is 63.1 Å². The predicted octanol–water partition coefficient (Wildman–Crippen LogP) is 10.1. The van der Waals surface area contributed by atoms with E-state index in [4.69, 9.17) is 37.4 Å². The molecular formula is C52H46Cl2F6N6O8S2. The van der Waals surface area contributed by atoms with Gasteiger partial charge >= 0.3 is 12.4 Å². The second-order valence-corrected chi connectivity index (χ2v) is 20.7. The van der Waals surface area contributed by atoms with Crippen LogP contribution in [0, 0.1) is 0 Å². The molecule has 1 N–H and O–H groups in total. The Morgan fingerprint density at radius 2 is 1.07 bits per heavy atom. The van der Waals surface area contributed by atoms with Crippen LogP contribution in [0.3, 0.4) is 0 Å². The number of ether oxygens (including phenoxy) is 3. The normalized spacial score (nSPS) is 17.9. The summed E-state index contributed by atoms with van der Waals surface area (Å²) in [4.78, 5) is 55.2. The van der Waals surface area contributed by atoms with Gasteiger partial charge in [0.1, 0.15) is 25.4 Å². The van der Waals surface area contributed by atoms with Gasteiger partial charge < -0.3 is 29.1 Å². The highest BCUT2D eigenvalue weighted by Gasteiger charge is 2.50. The zero-order valence-electron chi connectivity index (χ0n) is 40.5. The van der Waals surface area contributed by atoms with Crippen molar-refractivity contribution in [3.8, 4) is 11.5 Å². The first-order chi connectivity index (χ1) is 36.2. The van der Waals surface area contributed by atoms with E-state index in [1.165, 1.54) is 34.9 Å². The lowest BCUT2D eigenvalue weighted by molar-refractivity contribution is -0.173. The molecule has 0 fully saturated rings. The van der Waals surface area contributed by atoms with E-state index in [1.807, 2.05) is 60.7 Å². The number of fused-ring (bicyclic) bond motifs is 6. The quantitative estimate of drug-likeness (QED) is 0.0794. The molecule has 0 saturated carbocycles. The van der Waals surface area contributed by atoms with E-state index in [9.17, 15) is 50.6 Å². The number of methoxy groups -OCH3 is 1. The van der Waals surface area contributed by atoms with E-state index in [-0.39, 0.29) is 18.9 Å². The number of nitrogens with zero attached hydrogens (tertiary/aromatic N) is 6. The number of alkyl halides is 6. The lowest BCUT2D eigenvalue weighted by atomic mass is 9.94. The lowest BCUT2D eigenvalue weighted by Crippen LogP contribution is -2.60. The molecule has 4 aliphatic heterocycles. The lowest BCUT2D eigenvalue weighted by Gasteiger charge is -2.46. The van der Waals surface area contributed by atoms with Gasteiger partial charge in [-0.3, -0.25) is 38.5 Å². The fraction of sp³-hybridized carbons (Fsp3) is 0.308. The average molecular weight is 1130 g/mol. The van der Waals surface area contributed by atoms with Gasteiger partial charge in [0.05, 0.1) is 25.3 Å². The third-order valence-corrected chi connectivity index (χ3v) is 16.4. The minimum absolute atomic E-state index is 0.151. The fourth-order valence-corrected chi connectivity index (χ4v) is 12.4. The summed E-state index contributed by atoms with van der Waals surface area (Å²) in [6, 6.07) is 22.6. The van der Waals surface area contributed by atoms with Crippen molar-refractivity contribution in [1.29, 1.82) is 0 Å². The molecule has 24 heteroatoms. The average Bonchev–Trinajstić information content (AvgIpc) is 3.67. The predicted molar refractivity (Wildman–Crippen MR) is 275 cm³/mol. The molecule has 2 amide bonds. The number of pyridine rings is 2. The molecule has 400 valence electrons. The van der Waals surface area contributed by atoms with Gasteiger partial charge in [-0.1, -0.05) is 83.9 Å². The van der Waals surface area contributed by atoms with E-state index in [1.54, 1.807) is 57.8 Å². The van der Waals surface area contributed by atoms with Crippen LogP contribution in [0.15, 0.2) is 129 Å². The first kappa shape index (κ1) is 54.5. The molecule has 6 aromatic rings. The third-order valence-electron chi connectivity index (χ3n) is 13.4. The first-order valence-electron chi connectivity index (χ1n) is 23.4. The monoisotopic (exact) mass is 1130 g/mol. The summed E-state index contributed by atoms with van der Waals surface area (Å²) in [6.07, 6.45) is -6.75. The molecule has 10 rings (SSSR count). The fourth-order valence-electron chi connectivity index (χ4n) is 9.42. The molecule has 0 spiro atoms. The summed E-state index contributed by atoms with van der Waals surface area (Å²) in [5, 5.41) is 14.7. The SMILES string of the molecule is COCCOCOc1c2n(ccc1=O)N([C@@H]1c3ccccc3SCc3c(Cl)cccc31)CN([C@H](C)C(F)(F)F)C2=O.C[C@@H](N1CN([C@@H]2c3ccccc3SCc3c(Cl)cccc32)n2ccc(=O)c(O)c2C1=O)C(F)(F)F. The van der Waals surface area contributed by atoms with Crippen LogP contribution in [-0.2, 0) is 21.0 Å². The Labute approximate surface area is 449 Å². The highest BCUT2D eigenvalue weighted by atomic mass is 35.5. The first-order valence-corrected chi connectivity index (χ1v) is 26.1. The van der Waals surface area contributed by atoms with Crippen LogP contribution in [0.25, 0.3) is 0 Å². The zero-order chi connectivity index (χ0) is 54.4. The molecule has 6 heterocycles. The van der Waals surface area contributed by atoms with Gasteiger partial charge in [-0.05, 0) is 71.5 Å². The van der Waals surface area contributed by atoms with Gasteiger partial charge in [0.2, 0.25) is 16.6 Å². The van der Waals surface area contributed by atoms with Gasteiger partial charge in [-0.25, -0.2) is 0 Å². The molecule has 4 aromatic carbocycles. The molecule has 4 aliphatic rings. The van der Waals surface area contributed by atoms with Crippen LogP contribution in [0.2, 0.25) is 10.0 Å². The number of carbonyl (C=O) groups excluding carboxylic acids is 2. The molecule has 0 saturated heterocycles. The number of aromatic nitrogens is 2. The maximum Gasteiger partial charge on any atom is 0.408 e. The van der Waals surface area contributed by atoms with Crippen LogP contribution >= 0.6 is 46.7 Å². The summed E-state index contributed by atoms with van der Waals surface area (Å²) < 4.78 is 102. The minimum atomic E-state index is -4.72. The van der Waals surface area contributed by atoms with Crippen molar-refractivity contribution in [2.45, 2.75) is 71.7 Å². The van der Waals surface area contributed by atoms with Crippen molar-refractivity contribution in [1.82, 2.24) is 19.2 Å². The number of halogens is 8. The summed E-state index contributed by atoms with van der Waals surface area (Å²) in [5.41, 5.74) is 2.45. The van der Waals surface area contributed by atoms with E-state index in [2.05, 4.69) is 0 Å². The molecule has 76 heavy (non-hydrogen) atoms. The van der Waals surface area contributed by atoms with Crippen LogP contribution in [0.5, 0.6) is 11.5 Å². The van der Waals surface area contributed by atoms with Crippen LogP contribution in [0.4, 0.5) is 26.3 Å². The molecular weight excluding hydrogens is 1090 g/mol. The van der Waals surface area contributed by atoms with Crippen molar-refractivity contribution < 1.29 is 55.2 Å². The standard InChI is InChI=1S/C28H27ClF3N3O5S.C24H19ClF3N3O3S/c1-17(28(30,31)32)33-15-35(34-11-10-22(36)26(25(34)27(33)37)40-16-39-13-12-38-2)24-18-7-5-8-21(29)20(18)14-41-23-9-4-3-6-19(23)24;1-13(24(26,27)28)29-12-31(30-10-9-18(32)22(33)21(30)23(29)34)20-14-6-4-7-17(25)16(14)11-35-19-8-3-2-5-15(19)20/h3-11,17,24H,12-16H2,1-2H3;2-10,13,20,33H,11-12H2,1H3/t17-,24+;13-,20+/m11/s1. The molecule has 4 atom stereocenters. The zero-order valence-corrected chi connectivity index (χ0v) is 43.6. The Morgan fingerprint density at radius 3 is 1.55 bits per heavy atom. The second-order valence-electron chi connectivity index (χ2n) is 17.8. The molecule has 0 aliphatic carbocycles. The summed E-state index contributed by atoms with van der Waals surface area (Å²) >= 11 is 16.3. The number of aromatic hydroxyl groups is 1. The second kappa shape index (κ2) is 22.0. The smallest absolute Gasteiger partial charge is 0.408 e. The largest absolute Gasteiger partial charge is 0.502 e. The Morgan fingerprint density at radius 1 is 0.618 bits per heavy atom. The summed E-state index contributed by atoms with van der Waals surface area (Å²) in [6.45, 7) is 0.949. The van der Waals surface area contributed by atoms with Crippen molar-refractivity contribution in [3.05, 3.63) is 185 Å². The summed E-state index contributed by atoms with van der Waals surface area (Å²) in [5.74, 6) is -2.28. The Balaban J connectivity index is 0.000000188. The number of rotatable bonds is 10. The highest BCUT2D eigenvalue weighted by Crippen LogP contribution is 2.47. The topological polar surface area (TPSA) is 139 Å². The van der Waals surface area contributed by atoms with Crippen molar-refractivity contribution in [3.63, 3.8) is 0 Å². The van der Waals surface area contributed by atoms with Gasteiger partial charge in [-0.15, -0.1) is 23.5 Å². The molecule has 0 bridgehead atoms.